The first kappa shape index (κ1) is 14.5. The number of alkyl halides is 1. The number of hydrogen-bond donors (Lipinski definition) is 0. The second-order valence-corrected chi connectivity index (χ2v) is 5.62. The number of hydrogen-bond acceptors (Lipinski definition) is 4. The molecule has 0 saturated heterocycles. The lowest BCUT2D eigenvalue weighted by atomic mass is 10.1. The van der Waals surface area contributed by atoms with Gasteiger partial charge in [0.15, 0.2) is 0 Å². The van der Waals surface area contributed by atoms with Gasteiger partial charge < -0.3 is 8.92 Å². The molecule has 0 fully saturated rings. The molecule has 0 aliphatic rings. The average molecular weight is 323 g/mol. The van der Waals surface area contributed by atoms with E-state index in [4.69, 9.17) is 8.92 Å². The van der Waals surface area contributed by atoms with Crippen LogP contribution in [0.5, 0.6) is 5.75 Å². The van der Waals surface area contributed by atoms with Gasteiger partial charge in [-0.2, -0.15) is 8.42 Å². The number of halogens is 1. The molecule has 0 amide bonds. The minimum Gasteiger partial charge on any atom is -0.383 e. The summed E-state index contributed by atoms with van der Waals surface area (Å²) in [6, 6.07) is 5.14. The van der Waals surface area contributed by atoms with Crippen molar-refractivity contribution in [3.05, 3.63) is 29.3 Å². The fourth-order valence-corrected chi connectivity index (χ4v) is 2.31. The van der Waals surface area contributed by atoms with Crippen molar-refractivity contribution in [2.75, 3.05) is 12.9 Å². The molecule has 1 aromatic carbocycles. The Labute approximate surface area is 110 Å². The van der Waals surface area contributed by atoms with Crippen LogP contribution in [0.3, 0.4) is 0 Å². The molecule has 0 aliphatic heterocycles. The lowest BCUT2D eigenvalue weighted by Crippen LogP contribution is -2.06. The van der Waals surface area contributed by atoms with Gasteiger partial charge in [0.25, 0.3) is 0 Å². The van der Waals surface area contributed by atoms with E-state index in [9.17, 15) is 8.42 Å². The minimum absolute atomic E-state index is 0.312. The Morgan fingerprint density at radius 2 is 2.00 bits per heavy atom. The van der Waals surface area contributed by atoms with Crippen molar-refractivity contribution in [2.24, 2.45) is 0 Å². The first-order chi connectivity index (χ1) is 7.96. The molecule has 4 nitrogen and oxygen atoms in total. The monoisotopic (exact) mass is 322 g/mol. The molecule has 0 aliphatic carbocycles. The zero-order valence-corrected chi connectivity index (χ0v) is 12.2. The molecule has 0 N–H and O–H groups in total. The summed E-state index contributed by atoms with van der Waals surface area (Å²) < 4.78 is 32.2. The molecule has 1 aromatic rings. The predicted octanol–water partition coefficient (Wildman–Crippen LogP) is 2.46. The highest BCUT2D eigenvalue weighted by Gasteiger charge is 2.08. The highest BCUT2D eigenvalue weighted by atomic mass is 79.9. The molecule has 0 atom stereocenters. The Bertz CT molecular complexity index is 470. The number of rotatable bonds is 6. The molecular formula is C11H15BrO4S. The summed E-state index contributed by atoms with van der Waals surface area (Å²) in [6.07, 6.45) is 1.02. The van der Waals surface area contributed by atoms with E-state index in [0.29, 0.717) is 24.3 Å². The third-order valence-electron chi connectivity index (χ3n) is 2.03. The van der Waals surface area contributed by atoms with E-state index in [1.165, 1.54) is 0 Å². The summed E-state index contributed by atoms with van der Waals surface area (Å²) in [5, 5.41) is 0.689. The highest BCUT2D eigenvalue weighted by Crippen LogP contribution is 2.21. The minimum atomic E-state index is -3.49. The summed E-state index contributed by atoms with van der Waals surface area (Å²) in [6.45, 7) is 2.96. The summed E-state index contributed by atoms with van der Waals surface area (Å²) in [5.41, 5.74) is 1.98. The topological polar surface area (TPSA) is 52.6 Å². The average Bonchev–Trinajstić information content (AvgIpc) is 2.24. The SMILES string of the molecule is CCOCc1cc(OS(C)(=O)=O)ccc1CBr. The summed E-state index contributed by atoms with van der Waals surface area (Å²) in [4.78, 5) is 0. The van der Waals surface area contributed by atoms with E-state index in [2.05, 4.69) is 15.9 Å². The van der Waals surface area contributed by atoms with Crippen LogP contribution < -0.4 is 4.18 Å². The number of ether oxygens (including phenoxy) is 1. The van der Waals surface area contributed by atoms with Gasteiger partial charge in [0.05, 0.1) is 12.9 Å². The molecule has 1 rings (SSSR count). The van der Waals surface area contributed by atoms with Gasteiger partial charge in [-0.05, 0) is 30.2 Å². The van der Waals surface area contributed by atoms with Crippen LogP contribution in [0.1, 0.15) is 18.1 Å². The third kappa shape index (κ3) is 5.06. The molecule has 0 radical (unpaired) electrons. The first-order valence-corrected chi connectivity index (χ1v) is 8.05. The Hall–Kier alpha value is -0.590. The van der Waals surface area contributed by atoms with Crippen molar-refractivity contribution in [2.45, 2.75) is 18.9 Å². The van der Waals surface area contributed by atoms with E-state index in [1.54, 1.807) is 12.1 Å². The summed E-state index contributed by atoms with van der Waals surface area (Å²) >= 11 is 3.37. The van der Waals surface area contributed by atoms with Crippen LogP contribution in [0.15, 0.2) is 18.2 Å². The van der Waals surface area contributed by atoms with Gasteiger partial charge in [-0.1, -0.05) is 22.0 Å². The summed E-state index contributed by atoms with van der Waals surface area (Å²) in [5.74, 6) is 0.312. The number of benzene rings is 1. The van der Waals surface area contributed by atoms with Crippen LogP contribution in [0, 0.1) is 0 Å². The van der Waals surface area contributed by atoms with Gasteiger partial charge in [-0.25, -0.2) is 0 Å². The van der Waals surface area contributed by atoms with Crippen molar-refractivity contribution in [1.82, 2.24) is 0 Å². The van der Waals surface area contributed by atoms with Gasteiger partial charge in [0, 0.05) is 11.9 Å². The van der Waals surface area contributed by atoms with Gasteiger partial charge in [0.1, 0.15) is 5.75 Å². The van der Waals surface area contributed by atoms with Gasteiger partial charge >= 0.3 is 10.1 Å². The maximum Gasteiger partial charge on any atom is 0.306 e. The van der Waals surface area contributed by atoms with Crippen molar-refractivity contribution in [1.29, 1.82) is 0 Å². The van der Waals surface area contributed by atoms with Crippen LogP contribution in [0.4, 0.5) is 0 Å². The Morgan fingerprint density at radius 1 is 1.29 bits per heavy atom. The zero-order valence-electron chi connectivity index (χ0n) is 9.77. The molecule has 17 heavy (non-hydrogen) atoms. The van der Waals surface area contributed by atoms with E-state index < -0.39 is 10.1 Å². The Balaban J connectivity index is 2.95. The van der Waals surface area contributed by atoms with E-state index >= 15 is 0 Å². The van der Waals surface area contributed by atoms with Crippen molar-refractivity contribution >= 4 is 26.0 Å². The van der Waals surface area contributed by atoms with E-state index in [-0.39, 0.29) is 0 Å². The fraction of sp³-hybridized carbons (Fsp3) is 0.455. The molecule has 0 aromatic heterocycles. The fourth-order valence-electron chi connectivity index (χ4n) is 1.31. The molecule has 6 heteroatoms. The second-order valence-electron chi connectivity index (χ2n) is 3.49. The van der Waals surface area contributed by atoms with Crippen LogP contribution in [-0.2, 0) is 26.8 Å². The summed E-state index contributed by atoms with van der Waals surface area (Å²) in [7, 11) is -3.49. The van der Waals surface area contributed by atoms with E-state index in [1.807, 2.05) is 13.0 Å². The van der Waals surface area contributed by atoms with Crippen LogP contribution in [0.25, 0.3) is 0 Å². The van der Waals surface area contributed by atoms with Crippen LogP contribution >= 0.6 is 15.9 Å². The van der Waals surface area contributed by atoms with Gasteiger partial charge in [-0.15, -0.1) is 0 Å². The Kier molecular flexibility index (Phi) is 5.42. The molecule has 96 valence electrons. The van der Waals surface area contributed by atoms with Gasteiger partial charge in [-0.3, -0.25) is 0 Å². The van der Waals surface area contributed by atoms with Crippen molar-refractivity contribution in [3.8, 4) is 5.75 Å². The first-order valence-electron chi connectivity index (χ1n) is 5.11. The Morgan fingerprint density at radius 3 is 2.53 bits per heavy atom. The maximum atomic E-state index is 11.0. The lowest BCUT2D eigenvalue weighted by Gasteiger charge is -2.10. The smallest absolute Gasteiger partial charge is 0.306 e. The molecule has 0 spiro atoms. The maximum absolute atomic E-state index is 11.0. The second kappa shape index (κ2) is 6.37. The zero-order chi connectivity index (χ0) is 12.9. The predicted molar refractivity (Wildman–Crippen MR) is 69.9 cm³/mol. The normalized spacial score (nSPS) is 11.5. The lowest BCUT2D eigenvalue weighted by molar-refractivity contribution is 0.133. The largest absolute Gasteiger partial charge is 0.383 e. The third-order valence-corrected chi connectivity index (χ3v) is 3.13. The molecule has 0 saturated carbocycles. The molecule has 0 unspecified atom stereocenters. The van der Waals surface area contributed by atoms with Crippen LogP contribution in [-0.4, -0.2) is 21.3 Å². The van der Waals surface area contributed by atoms with Crippen LogP contribution in [0.2, 0.25) is 0 Å². The van der Waals surface area contributed by atoms with Gasteiger partial charge in [0.2, 0.25) is 0 Å². The van der Waals surface area contributed by atoms with E-state index in [0.717, 1.165) is 17.4 Å². The standard InChI is InChI=1S/C11H15BrO4S/c1-3-15-8-10-6-11(16-17(2,13)14)5-4-9(10)7-12/h4-6H,3,7-8H2,1-2H3. The molecule has 0 heterocycles. The molecule has 0 bridgehead atoms. The quantitative estimate of drug-likeness (QED) is 0.596. The molecular weight excluding hydrogens is 308 g/mol. The highest BCUT2D eigenvalue weighted by molar-refractivity contribution is 9.08. The van der Waals surface area contributed by atoms with Crippen molar-refractivity contribution in [3.63, 3.8) is 0 Å². The van der Waals surface area contributed by atoms with Crippen molar-refractivity contribution < 1.29 is 17.3 Å².